The minimum absolute atomic E-state index is 0.0248. The molecule has 0 aliphatic carbocycles. The minimum atomic E-state index is -4.16. The second kappa shape index (κ2) is 8.16. The highest BCUT2D eigenvalue weighted by molar-refractivity contribution is 7.93. The zero-order chi connectivity index (χ0) is 23.1. The summed E-state index contributed by atoms with van der Waals surface area (Å²) in [5.74, 6) is 0. The van der Waals surface area contributed by atoms with Gasteiger partial charge in [-0.1, -0.05) is 48.0 Å². The maximum atomic E-state index is 13.1. The molecule has 1 aromatic heterocycles. The lowest BCUT2D eigenvalue weighted by Gasteiger charge is -2.16. The summed E-state index contributed by atoms with van der Waals surface area (Å²) < 4.78 is 62.4. The highest BCUT2D eigenvalue weighted by Crippen LogP contribution is 2.32. The standard InChI is InChI=1S/C22H19ClN2O5S2/c1-14-6-5-7-15(2)22(14)32(28,29)24-18-11-10-17(23)13-19(18)25-31(26,27)21-12-16-8-3-4-9-20(16)30-21/h3-13,24-25H,1-2H3. The van der Waals surface area contributed by atoms with E-state index in [1.165, 1.54) is 24.3 Å². The van der Waals surface area contributed by atoms with Crippen molar-refractivity contribution < 1.29 is 21.3 Å². The van der Waals surface area contributed by atoms with Crippen molar-refractivity contribution in [3.8, 4) is 0 Å². The van der Waals surface area contributed by atoms with Crippen molar-refractivity contribution in [1.82, 2.24) is 0 Å². The summed E-state index contributed by atoms with van der Waals surface area (Å²) >= 11 is 6.06. The maximum absolute atomic E-state index is 13.1. The van der Waals surface area contributed by atoms with E-state index < -0.39 is 20.0 Å². The molecule has 0 amide bonds. The van der Waals surface area contributed by atoms with Crippen LogP contribution in [-0.2, 0) is 20.0 Å². The van der Waals surface area contributed by atoms with Crippen LogP contribution in [0.1, 0.15) is 11.1 Å². The summed E-state index contributed by atoms with van der Waals surface area (Å²) in [5, 5.41) is 0.541. The largest absolute Gasteiger partial charge is 0.443 e. The molecule has 0 bridgehead atoms. The third kappa shape index (κ3) is 4.32. The molecule has 0 spiro atoms. The summed E-state index contributed by atoms with van der Waals surface area (Å²) in [6.45, 7) is 3.38. The van der Waals surface area contributed by atoms with Gasteiger partial charge in [0.25, 0.3) is 20.0 Å². The lowest BCUT2D eigenvalue weighted by Crippen LogP contribution is -2.18. The van der Waals surface area contributed by atoms with Gasteiger partial charge >= 0.3 is 0 Å². The molecule has 4 aromatic rings. The number of aryl methyl sites for hydroxylation is 2. The lowest BCUT2D eigenvalue weighted by atomic mass is 10.2. The molecule has 7 nitrogen and oxygen atoms in total. The second-order valence-corrected chi connectivity index (χ2v) is 10.9. The van der Waals surface area contributed by atoms with E-state index in [0.717, 1.165) is 0 Å². The molecule has 0 radical (unpaired) electrons. The van der Waals surface area contributed by atoms with Crippen molar-refractivity contribution in [2.75, 3.05) is 9.44 Å². The number of para-hydroxylation sites is 1. The van der Waals surface area contributed by atoms with Crippen molar-refractivity contribution in [3.05, 3.63) is 82.9 Å². The molecule has 0 aliphatic rings. The SMILES string of the molecule is Cc1cccc(C)c1S(=O)(=O)Nc1ccc(Cl)cc1NS(=O)(=O)c1cc2ccccc2o1. The van der Waals surface area contributed by atoms with Gasteiger partial charge in [0, 0.05) is 16.5 Å². The van der Waals surface area contributed by atoms with Crippen molar-refractivity contribution >= 4 is 54.0 Å². The van der Waals surface area contributed by atoms with Crippen LogP contribution in [0.2, 0.25) is 5.02 Å². The first-order valence-electron chi connectivity index (χ1n) is 9.47. The first-order chi connectivity index (χ1) is 15.1. The number of fused-ring (bicyclic) bond motifs is 1. The smallest absolute Gasteiger partial charge is 0.295 e. The molecule has 2 N–H and O–H groups in total. The van der Waals surface area contributed by atoms with E-state index in [2.05, 4.69) is 9.44 Å². The van der Waals surface area contributed by atoms with Gasteiger partial charge in [-0.25, -0.2) is 8.42 Å². The fraction of sp³-hybridized carbons (Fsp3) is 0.0909. The van der Waals surface area contributed by atoms with Crippen molar-refractivity contribution in [1.29, 1.82) is 0 Å². The first kappa shape index (κ1) is 22.2. The Morgan fingerprint density at radius 2 is 1.41 bits per heavy atom. The minimum Gasteiger partial charge on any atom is -0.443 e. The molecule has 0 fully saturated rings. The first-order valence-corrected chi connectivity index (χ1v) is 12.8. The van der Waals surface area contributed by atoms with E-state index in [1.807, 2.05) is 0 Å². The third-order valence-corrected chi connectivity index (χ3v) is 7.94. The summed E-state index contributed by atoms with van der Waals surface area (Å²) in [4.78, 5) is 0.126. The van der Waals surface area contributed by atoms with Crippen LogP contribution in [0.15, 0.2) is 81.1 Å². The molecular formula is C22H19ClN2O5S2. The van der Waals surface area contributed by atoms with Crippen LogP contribution >= 0.6 is 11.6 Å². The molecule has 0 atom stereocenters. The third-order valence-electron chi connectivity index (χ3n) is 4.82. The maximum Gasteiger partial charge on any atom is 0.295 e. The van der Waals surface area contributed by atoms with Gasteiger partial charge in [-0.3, -0.25) is 9.44 Å². The summed E-state index contributed by atoms with van der Waals surface area (Å²) in [7, 11) is -8.16. The molecule has 166 valence electrons. The predicted molar refractivity (Wildman–Crippen MR) is 125 cm³/mol. The molecule has 3 aromatic carbocycles. The number of hydrogen-bond acceptors (Lipinski definition) is 5. The molecule has 1 heterocycles. The number of sulfonamides is 2. The highest BCUT2D eigenvalue weighted by Gasteiger charge is 2.24. The topological polar surface area (TPSA) is 105 Å². The van der Waals surface area contributed by atoms with Crippen LogP contribution in [-0.4, -0.2) is 16.8 Å². The van der Waals surface area contributed by atoms with Gasteiger partial charge in [0.15, 0.2) is 0 Å². The summed E-state index contributed by atoms with van der Waals surface area (Å²) in [6.07, 6.45) is 0. The van der Waals surface area contributed by atoms with E-state index in [4.69, 9.17) is 16.0 Å². The van der Waals surface area contributed by atoms with Crippen molar-refractivity contribution in [2.45, 2.75) is 23.8 Å². The Morgan fingerprint density at radius 1 is 0.750 bits per heavy atom. The Hall–Kier alpha value is -3.01. The Labute approximate surface area is 191 Å². The Balaban J connectivity index is 1.73. The van der Waals surface area contributed by atoms with E-state index in [-0.39, 0.29) is 26.4 Å². The monoisotopic (exact) mass is 490 g/mol. The fourth-order valence-electron chi connectivity index (χ4n) is 3.39. The predicted octanol–water partition coefficient (Wildman–Crippen LogP) is 5.30. The molecule has 0 unspecified atom stereocenters. The zero-order valence-corrected chi connectivity index (χ0v) is 19.5. The summed E-state index contributed by atoms with van der Waals surface area (Å²) in [5.41, 5.74) is 1.53. The van der Waals surface area contributed by atoms with Crippen LogP contribution in [0, 0.1) is 13.8 Å². The average molecular weight is 491 g/mol. The average Bonchev–Trinajstić information content (AvgIpc) is 3.15. The molecule has 0 saturated carbocycles. The van der Waals surface area contributed by atoms with E-state index >= 15 is 0 Å². The number of nitrogens with one attached hydrogen (secondary N) is 2. The number of furan rings is 1. The number of hydrogen-bond donors (Lipinski definition) is 2. The number of halogens is 1. The van der Waals surface area contributed by atoms with E-state index in [0.29, 0.717) is 22.1 Å². The van der Waals surface area contributed by atoms with Crippen molar-refractivity contribution in [2.24, 2.45) is 0 Å². The number of anilines is 2. The van der Waals surface area contributed by atoms with Crippen LogP contribution < -0.4 is 9.44 Å². The highest BCUT2D eigenvalue weighted by atomic mass is 35.5. The summed E-state index contributed by atoms with van der Waals surface area (Å²) in [6, 6.07) is 17.6. The lowest BCUT2D eigenvalue weighted by molar-refractivity contribution is 0.484. The van der Waals surface area contributed by atoms with Crippen LogP contribution in [0.25, 0.3) is 11.0 Å². The van der Waals surface area contributed by atoms with Crippen LogP contribution in [0.3, 0.4) is 0 Å². The molecule has 10 heteroatoms. The Bertz CT molecular complexity index is 1490. The molecule has 0 saturated heterocycles. The van der Waals surface area contributed by atoms with Crippen LogP contribution in [0.4, 0.5) is 11.4 Å². The van der Waals surface area contributed by atoms with Gasteiger partial charge in [0.05, 0.1) is 16.3 Å². The van der Waals surface area contributed by atoms with E-state index in [1.54, 1.807) is 56.3 Å². The number of rotatable bonds is 6. The molecule has 32 heavy (non-hydrogen) atoms. The van der Waals surface area contributed by atoms with Gasteiger partial charge in [-0.2, -0.15) is 8.42 Å². The zero-order valence-electron chi connectivity index (χ0n) is 17.1. The second-order valence-electron chi connectivity index (χ2n) is 7.23. The van der Waals surface area contributed by atoms with Crippen molar-refractivity contribution in [3.63, 3.8) is 0 Å². The van der Waals surface area contributed by atoms with E-state index in [9.17, 15) is 16.8 Å². The van der Waals surface area contributed by atoms with Gasteiger partial charge < -0.3 is 4.42 Å². The van der Waals surface area contributed by atoms with Gasteiger partial charge in [0.2, 0.25) is 5.09 Å². The normalized spacial score (nSPS) is 12.1. The molecular weight excluding hydrogens is 472 g/mol. The quantitative estimate of drug-likeness (QED) is 0.381. The Kier molecular flexibility index (Phi) is 5.66. The van der Waals surface area contributed by atoms with Gasteiger partial charge in [-0.15, -0.1) is 0 Å². The van der Waals surface area contributed by atoms with Crippen LogP contribution in [0.5, 0.6) is 0 Å². The van der Waals surface area contributed by atoms with Gasteiger partial charge in [-0.05, 0) is 49.2 Å². The van der Waals surface area contributed by atoms with Gasteiger partial charge in [0.1, 0.15) is 5.58 Å². The molecule has 0 aliphatic heterocycles. The number of benzene rings is 3. The fourth-order valence-corrected chi connectivity index (χ4v) is 6.16. The Morgan fingerprint density at radius 3 is 2.09 bits per heavy atom. The molecule has 4 rings (SSSR count).